The molecule has 138 valence electrons. The predicted octanol–water partition coefficient (Wildman–Crippen LogP) is 4.02. The maximum Gasteiger partial charge on any atom is 0.253 e. The minimum atomic E-state index is -0.247. The van der Waals surface area contributed by atoms with Gasteiger partial charge in [-0.2, -0.15) is 0 Å². The third kappa shape index (κ3) is 3.45. The molecule has 1 aliphatic heterocycles. The summed E-state index contributed by atoms with van der Waals surface area (Å²) < 4.78 is 15.5. The zero-order valence-electron chi connectivity index (χ0n) is 15.4. The molecule has 2 aromatic carbocycles. The van der Waals surface area contributed by atoms with Crippen LogP contribution in [0.2, 0.25) is 0 Å². The summed E-state index contributed by atoms with van der Waals surface area (Å²) >= 11 is 0. The largest absolute Gasteiger partial charge is 0.326 e. The molecule has 0 amide bonds. The van der Waals surface area contributed by atoms with Gasteiger partial charge in [0, 0.05) is 17.3 Å². The van der Waals surface area contributed by atoms with Crippen LogP contribution in [0.5, 0.6) is 0 Å². The van der Waals surface area contributed by atoms with E-state index in [0.29, 0.717) is 6.42 Å². The fraction of sp³-hybridized carbons (Fsp3) is 0.261. The Labute approximate surface area is 158 Å². The van der Waals surface area contributed by atoms with Crippen LogP contribution in [0, 0.1) is 12.7 Å². The molecule has 4 rings (SSSR count). The first-order valence-electron chi connectivity index (χ1n) is 9.34. The van der Waals surface area contributed by atoms with Crippen molar-refractivity contribution >= 4 is 0 Å². The van der Waals surface area contributed by atoms with Crippen LogP contribution in [-0.4, -0.2) is 10.6 Å². The first-order chi connectivity index (χ1) is 13.0. The Bertz CT molecular complexity index is 1040. The van der Waals surface area contributed by atoms with E-state index < -0.39 is 0 Å². The van der Waals surface area contributed by atoms with Crippen molar-refractivity contribution in [2.24, 2.45) is 5.73 Å². The van der Waals surface area contributed by atoms with Crippen LogP contribution in [0.1, 0.15) is 29.3 Å². The number of hydrogen-bond donors (Lipinski definition) is 1. The molecule has 2 atom stereocenters. The zero-order valence-corrected chi connectivity index (χ0v) is 15.4. The van der Waals surface area contributed by atoms with Crippen molar-refractivity contribution in [2.45, 2.75) is 38.3 Å². The van der Waals surface area contributed by atoms with Gasteiger partial charge in [0.25, 0.3) is 5.56 Å². The summed E-state index contributed by atoms with van der Waals surface area (Å²) in [7, 11) is 0. The Morgan fingerprint density at radius 3 is 2.59 bits per heavy atom. The highest BCUT2D eigenvalue weighted by Gasteiger charge is 2.28. The van der Waals surface area contributed by atoms with Crippen LogP contribution < -0.4 is 11.3 Å². The molecular weight excluding hydrogens is 339 g/mol. The van der Waals surface area contributed by atoms with E-state index >= 15 is 0 Å². The van der Waals surface area contributed by atoms with E-state index in [1.807, 2.05) is 47.9 Å². The average Bonchev–Trinajstić information content (AvgIpc) is 2.67. The topological polar surface area (TPSA) is 48.0 Å². The number of benzene rings is 2. The molecule has 1 aliphatic rings. The monoisotopic (exact) mass is 362 g/mol. The number of fused-ring (bicyclic) bond motifs is 1. The molecule has 27 heavy (non-hydrogen) atoms. The van der Waals surface area contributed by atoms with Gasteiger partial charge in [0.05, 0.1) is 6.04 Å². The van der Waals surface area contributed by atoms with Gasteiger partial charge in [-0.1, -0.05) is 42.5 Å². The Morgan fingerprint density at radius 1 is 1.07 bits per heavy atom. The van der Waals surface area contributed by atoms with Gasteiger partial charge >= 0.3 is 0 Å². The molecular formula is C23H23FN2O. The average molecular weight is 362 g/mol. The van der Waals surface area contributed by atoms with E-state index in [1.54, 1.807) is 6.07 Å². The Morgan fingerprint density at radius 2 is 1.81 bits per heavy atom. The second-order valence-corrected chi connectivity index (χ2v) is 7.37. The molecule has 3 aromatic rings. The first-order valence-corrected chi connectivity index (χ1v) is 9.34. The summed E-state index contributed by atoms with van der Waals surface area (Å²) in [6, 6.07) is 18.5. The number of pyridine rings is 1. The van der Waals surface area contributed by atoms with Crippen LogP contribution in [0.15, 0.2) is 65.5 Å². The van der Waals surface area contributed by atoms with E-state index in [2.05, 4.69) is 6.07 Å². The van der Waals surface area contributed by atoms with Crippen LogP contribution in [0.4, 0.5) is 4.39 Å². The number of halogens is 1. The number of aryl methyl sites for hydroxylation is 2. The number of nitrogens with two attached hydrogens (primary N) is 1. The number of hydrogen-bond acceptors (Lipinski definition) is 2. The van der Waals surface area contributed by atoms with Crippen molar-refractivity contribution < 1.29 is 4.39 Å². The van der Waals surface area contributed by atoms with Crippen molar-refractivity contribution in [1.29, 1.82) is 0 Å². The van der Waals surface area contributed by atoms with E-state index in [0.717, 1.165) is 40.8 Å². The lowest BCUT2D eigenvalue weighted by molar-refractivity contribution is 0.334. The number of aromatic nitrogens is 1. The molecule has 0 saturated heterocycles. The van der Waals surface area contributed by atoms with Gasteiger partial charge in [-0.25, -0.2) is 4.39 Å². The summed E-state index contributed by atoms with van der Waals surface area (Å²) in [5.41, 5.74) is 11.2. The van der Waals surface area contributed by atoms with Crippen molar-refractivity contribution in [3.63, 3.8) is 0 Å². The molecule has 2 N–H and O–H groups in total. The highest BCUT2D eigenvalue weighted by atomic mass is 19.1. The maximum atomic E-state index is 13.6. The standard InChI is InChI=1S/C23H23FN2O/c1-15-8-9-20-10-11-21(25)22(26(20)23(15)27)13-16-4-2-5-17(12-16)18-6-3-7-19(24)14-18/h2-9,12,14,21-22H,10-11,13,25H2,1H3. The van der Waals surface area contributed by atoms with Gasteiger partial charge < -0.3 is 10.3 Å². The molecule has 4 heteroatoms. The summed E-state index contributed by atoms with van der Waals surface area (Å²) in [6.07, 6.45) is 2.38. The van der Waals surface area contributed by atoms with Crippen molar-refractivity contribution in [3.8, 4) is 11.1 Å². The van der Waals surface area contributed by atoms with Crippen LogP contribution in [0.25, 0.3) is 11.1 Å². The molecule has 0 bridgehead atoms. The van der Waals surface area contributed by atoms with E-state index in [1.165, 1.54) is 12.1 Å². The highest BCUT2D eigenvalue weighted by Crippen LogP contribution is 2.28. The van der Waals surface area contributed by atoms with Gasteiger partial charge in [-0.15, -0.1) is 0 Å². The lowest BCUT2D eigenvalue weighted by Crippen LogP contribution is -2.44. The summed E-state index contributed by atoms with van der Waals surface area (Å²) in [6.45, 7) is 1.84. The van der Waals surface area contributed by atoms with E-state index in [4.69, 9.17) is 5.73 Å². The SMILES string of the molecule is Cc1ccc2n(c1=O)C(Cc1cccc(-c3cccc(F)c3)c1)C(N)CC2. The van der Waals surface area contributed by atoms with Crippen LogP contribution in [-0.2, 0) is 12.8 Å². The third-order valence-corrected chi connectivity index (χ3v) is 5.48. The maximum absolute atomic E-state index is 13.6. The summed E-state index contributed by atoms with van der Waals surface area (Å²) in [4.78, 5) is 12.8. The normalized spacial score (nSPS) is 18.9. The van der Waals surface area contributed by atoms with Gasteiger partial charge in [0.1, 0.15) is 5.82 Å². The zero-order chi connectivity index (χ0) is 19.0. The third-order valence-electron chi connectivity index (χ3n) is 5.48. The quantitative estimate of drug-likeness (QED) is 0.765. The van der Waals surface area contributed by atoms with Crippen LogP contribution >= 0.6 is 0 Å². The molecule has 0 radical (unpaired) electrons. The molecule has 0 fully saturated rings. The van der Waals surface area contributed by atoms with Gasteiger partial charge in [-0.3, -0.25) is 4.79 Å². The minimum Gasteiger partial charge on any atom is -0.326 e. The van der Waals surface area contributed by atoms with Crippen molar-refractivity contribution in [2.75, 3.05) is 0 Å². The first kappa shape index (κ1) is 17.7. The fourth-order valence-corrected chi connectivity index (χ4v) is 3.99. The Kier molecular flexibility index (Phi) is 4.66. The van der Waals surface area contributed by atoms with Crippen molar-refractivity contribution in [1.82, 2.24) is 4.57 Å². The van der Waals surface area contributed by atoms with Crippen LogP contribution in [0.3, 0.4) is 0 Å². The van der Waals surface area contributed by atoms with E-state index in [9.17, 15) is 9.18 Å². The second kappa shape index (κ2) is 7.12. The molecule has 0 saturated carbocycles. The minimum absolute atomic E-state index is 0.0499. The summed E-state index contributed by atoms with van der Waals surface area (Å²) in [5.74, 6) is -0.247. The van der Waals surface area contributed by atoms with Crippen molar-refractivity contribution in [3.05, 3.63) is 93.7 Å². The highest BCUT2D eigenvalue weighted by molar-refractivity contribution is 5.64. The predicted molar refractivity (Wildman–Crippen MR) is 106 cm³/mol. The molecule has 0 aliphatic carbocycles. The Balaban J connectivity index is 1.70. The van der Waals surface area contributed by atoms with Gasteiger partial charge in [0.2, 0.25) is 0 Å². The molecule has 1 aromatic heterocycles. The van der Waals surface area contributed by atoms with E-state index in [-0.39, 0.29) is 23.5 Å². The summed E-state index contributed by atoms with van der Waals surface area (Å²) in [5, 5.41) is 0. The second-order valence-electron chi connectivity index (χ2n) is 7.37. The van der Waals surface area contributed by atoms with Gasteiger partial charge in [0.15, 0.2) is 0 Å². The number of rotatable bonds is 3. The van der Waals surface area contributed by atoms with Gasteiger partial charge in [-0.05, 0) is 61.1 Å². The number of nitrogens with zero attached hydrogens (tertiary/aromatic N) is 1. The lowest BCUT2D eigenvalue weighted by atomic mass is 9.90. The molecule has 2 unspecified atom stereocenters. The molecule has 2 heterocycles. The smallest absolute Gasteiger partial charge is 0.253 e. The fourth-order valence-electron chi connectivity index (χ4n) is 3.99. The molecule has 3 nitrogen and oxygen atoms in total. The lowest BCUT2D eigenvalue weighted by Gasteiger charge is -2.33. The Hall–Kier alpha value is -2.72. The molecule has 0 spiro atoms.